The summed E-state index contributed by atoms with van der Waals surface area (Å²) >= 11 is 0. The fourth-order valence-corrected chi connectivity index (χ4v) is 0.987. The molecule has 0 spiro atoms. The van der Waals surface area contributed by atoms with Crippen molar-refractivity contribution in [1.29, 1.82) is 0 Å². The average Bonchev–Trinajstić information content (AvgIpc) is 2.03. The molecule has 69 valence electrons. The molecular weight excluding hydrogens is 173 g/mol. The summed E-state index contributed by atoms with van der Waals surface area (Å²) in [6.07, 6.45) is -5.21. The van der Waals surface area contributed by atoms with Gasteiger partial charge in [-0.05, 0) is 18.9 Å². The molecule has 1 rings (SSSR count). The van der Waals surface area contributed by atoms with Crippen molar-refractivity contribution in [2.45, 2.75) is 31.2 Å². The molecule has 0 saturated heterocycles. The molecule has 0 fully saturated rings. The minimum atomic E-state index is -4.70. The van der Waals surface area contributed by atoms with Crippen LogP contribution in [0.15, 0.2) is 12.3 Å². The van der Waals surface area contributed by atoms with E-state index in [2.05, 4.69) is 4.74 Å². The third-order valence-electron chi connectivity index (χ3n) is 1.63. The van der Waals surface area contributed by atoms with E-state index in [1.54, 1.807) is 6.08 Å². The summed E-state index contributed by atoms with van der Waals surface area (Å²) in [4.78, 5) is 0. The van der Waals surface area contributed by atoms with Gasteiger partial charge in [0.2, 0.25) is 6.10 Å². The van der Waals surface area contributed by atoms with Crippen LogP contribution in [0.1, 0.15) is 12.8 Å². The van der Waals surface area contributed by atoms with E-state index in [1.165, 1.54) is 0 Å². The number of ether oxygens (including phenoxy) is 1. The van der Waals surface area contributed by atoms with Crippen molar-refractivity contribution in [3.05, 3.63) is 12.3 Å². The van der Waals surface area contributed by atoms with Gasteiger partial charge in [0.1, 0.15) is 6.10 Å². The van der Waals surface area contributed by atoms with Gasteiger partial charge in [-0.1, -0.05) is 0 Å². The highest BCUT2D eigenvalue weighted by Crippen LogP contribution is 2.27. The minimum absolute atomic E-state index is 0.143. The summed E-state index contributed by atoms with van der Waals surface area (Å²) in [6.45, 7) is 0. The summed E-state index contributed by atoms with van der Waals surface area (Å²) in [6, 6.07) is 0. The first-order chi connectivity index (χ1) is 5.52. The summed E-state index contributed by atoms with van der Waals surface area (Å²) in [5.74, 6) is 0. The van der Waals surface area contributed by atoms with Crippen molar-refractivity contribution in [2.75, 3.05) is 0 Å². The second-order valence-electron chi connectivity index (χ2n) is 2.59. The number of allylic oxidation sites excluding steroid dienone is 1. The van der Waals surface area contributed by atoms with E-state index in [0.29, 0.717) is 6.42 Å². The Labute approximate surface area is 67.6 Å². The first-order valence-electron chi connectivity index (χ1n) is 3.55. The van der Waals surface area contributed by atoms with Gasteiger partial charge in [0, 0.05) is 0 Å². The smallest absolute Gasteiger partial charge is 0.421 e. The van der Waals surface area contributed by atoms with Crippen LogP contribution in [0.2, 0.25) is 0 Å². The van der Waals surface area contributed by atoms with E-state index >= 15 is 0 Å². The Morgan fingerprint density at radius 1 is 1.50 bits per heavy atom. The first kappa shape index (κ1) is 9.38. The molecule has 2 nitrogen and oxygen atoms in total. The van der Waals surface area contributed by atoms with Crippen LogP contribution < -0.4 is 0 Å². The number of rotatable bonds is 1. The standard InChI is InChI=1S/C7H8F3O2/c8-7(9,10)6(11)5-3-1-2-4-12-5/h2,4-6H,1,3H2. The molecule has 1 heterocycles. The van der Waals surface area contributed by atoms with Crippen molar-refractivity contribution in [2.24, 2.45) is 0 Å². The normalized spacial score (nSPS) is 26.5. The van der Waals surface area contributed by atoms with E-state index in [4.69, 9.17) is 0 Å². The van der Waals surface area contributed by atoms with Crippen LogP contribution in [-0.4, -0.2) is 18.4 Å². The van der Waals surface area contributed by atoms with Gasteiger partial charge in [-0.25, -0.2) is 5.11 Å². The summed E-state index contributed by atoms with van der Waals surface area (Å²) in [5.41, 5.74) is 0. The van der Waals surface area contributed by atoms with E-state index in [1.807, 2.05) is 0 Å². The maximum absolute atomic E-state index is 11.8. The number of hydrogen-bond acceptors (Lipinski definition) is 1. The summed E-state index contributed by atoms with van der Waals surface area (Å²) in [7, 11) is 0. The maximum atomic E-state index is 11.8. The van der Waals surface area contributed by atoms with Crippen LogP contribution in [0.3, 0.4) is 0 Å². The quantitative estimate of drug-likeness (QED) is 0.608. The largest absolute Gasteiger partial charge is 0.495 e. The van der Waals surface area contributed by atoms with Crippen molar-refractivity contribution < 1.29 is 23.0 Å². The zero-order valence-electron chi connectivity index (χ0n) is 6.17. The monoisotopic (exact) mass is 181 g/mol. The molecule has 0 aliphatic carbocycles. The Kier molecular flexibility index (Phi) is 2.62. The molecule has 0 saturated carbocycles. The minimum Gasteiger partial charge on any atom is -0.495 e. The summed E-state index contributed by atoms with van der Waals surface area (Å²) < 4.78 is 40.0. The van der Waals surface area contributed by atoms with Crippen LogP contribution in [-0.2, 0) is 9.84 Å². The van der Waals surface area contributed by atoms with Crippen LogP contribution >= 0.6 is 0 Å². The van der Waals surface area contributed by atoms with Gasteiger partial charge < -0.3 is 4.74 Å². The molecule has 1 aliphatic rings. The molecule has 0 aromatic rings. The molecule has 5 heteroatoms. The Morgan fingerprint density at radius 2 is 2.17 bits per heavy atom. The van der Waals surface area contributed by atoms with Crippen molar-refractivity contribution in [3.8, 4) is 0 Å². The molecule has 0 bridgehead atoms. The average molecular weight is 181 g/mol. The lowest BCUT2D eigenvalue weighted by molar-refractivity contribution is -0.250. The maximum Gasteiger partial charge on any atom is 0.421 e. The number of alkyl halides is 3. The molecule has 2 unspecified atom stereocenters. The Balaban J connectivity index is 2.52. The molecule has 1 aliphatic heterocycles. The van der Waals surface area contributed by atoms with Gasteiger partial charge in [0.15, 0.2) is 0 Å². The zero-order chi connectivity index (χ0) is 9.19. The van der Waals surface area contributed by atoms with Crippen molar-refractivity contribution >= 4 is 0 Å². The predicted octanol–water partition coefficient (Wildman–Crippen LogP) is 2.04. The summed E-state index contributed by atoms with van der Waals surface area (Å²) in [5, 5.41) is 10.6. The van der Waals surface area contributed by atoms with Crippen LogP contribution in [0.4, 0.5) is 13.2 Å². The molecule has 12 heavy (non-hydrogen) atoms. The fourth-order valence-electron chi connectivity index (χ4n) is 0.987. The highest BCUT2D eigenvalue weighted by atomic mass is 19.4. The van der Waals surface area contributed by atoms with E-state index in [-0.39, 0.29) is 6.42 Å². The highest BCUT2D eigenvalue weighted by molar-refractivity contribution is 4.87. The van der Waals surface area contributed by atoms with Gasteiger partial charge >= 0.3 is 6.18 Å². The van der Waals surface area contributed by atoms with Gasteiger partial charge in [-0.2, -0.15) is 13.2 Å². The molecule has 1 radical (unpaired) electrons. The molecule has 0 N–H and O–H groups in total. The second kappa shape index (κ2) is 3.35. The van der Waals surface area contributed by atoms with Gasteiger partial charge in [-0.15, -0.1) is 0 Å². The van der Waals surface area contributed by atoms with Gasteiger partial charge in [0.05, 0.1) is 6.26 Å². The van der Waals surface area contributed by atoms with Crippen LogP contribution in [0, 0.1) is 0 Å². The molecular formula is C7H8F3O2. The Hall–Kier alpha value is -0.710. The zero-order valence-corrected chi connectivity index (χ0v) is 6.17. The van der Waals surface area contributed by atoms with E-state index < -0.39 is 18.4 Å². The molecule has 2 atom stereocenters. The highest BCUT2D eigenvalue weighted by Gasteiger charge is 2.46. The third kappa shape index (κ3) is 2.14. The SMILES string of the molecule is [O]C(C1CCC=CO1)C(F)(F)F. The lowest BCUT2D eigenvalue weighted by atomic mass is 10.1. The number of halogens is 3. The first-order valence-corrected chi connectivity index (χ1v) is 3.55. The third-order valence-corrected chi connectivity index (χ3v) is 1.63. The molecule has 0 aromatic carbocycles. The lowest BCUT2D eigenvalue weighted by Crippen LogP contribution is -2.40. The van der Waals surface area contributed by atoms with Gasteiger partial charge in [0.25, 0.3) is 0 Å². The van der Waals surface area contributed by atoms with Crippen molar-refractivity contribution in [3.63, 3.8) is 0 Å². The molecule has 0 aromatic heterocycles. The Bertz CT molecular complexity index is 176. The van der Waals surface area contributed by atoms with Crippen molar-refractivity contribution in [1.82, 2.24) is 0 Å². The molecule has 0 amide bonds. The van der Waals surface area contributed by atoms with E-state index in [0.717, 1.165) is 6.26 Å². The topological polar surface area (TPSA) is 29.1 Å². The van der Waals surface area contributed by atoms with E-state index in [9.17, 15) is 18.3 Å². The number of hydrogen-bond donors (Lipinski definition) is 0. The van der Waals surface area contributed by atoms with Crippen LogP contribution in [0.25, 0.3) is 0 Å². The fraction of sp³-hybridized carbons (Fsp3) is 0.714. The lowest BCUT2D eigenvalue weighted by Gasteiger charge is -2.24. The Morgan fingerprint density at radius 3 is 2.58 bits per heavy atom. The second-order valence-corrected chi connectivity index (χ2v) is 2.59. The van der Waals surface area contributed by atoms with Gasteiger partial charge in [-0.3, -0.25) is 0 Å². The van der Waals surface area contributed by atoms with Crippen LogP contribution in [0.5, 0.6) is 0 Å². The predicted molar refractivity (Wildman–Crippen MR) is 33.8 cm³/mol.